The average Bonchev–Trinajstić information content (AvgIpc) is 2.29. The first-order chi connectivity index (χ1) is 7.67. The van der Waals surface area contributed by atoms with Gasteiger partial charge in [-0.05, 0) is 30.9 Å². The summed E-state index contributed by atoms with van der Waals surface area (Å²) in [5.74, 6) is -0.342. The highest BCUT2D eigenvalue weighted by Gasteiger charge is 2.16. The van der Waals surface area contributed by atoms with Crippen LogP contribution in [0, 0.1) is 0 Å². The van der Waals surface area contributed by atoms with Crippen molar-refractivity contribution in [2.75, 3.05) is 6.61 Å². The number of aryl methyl sites for hydroxylation is 1. The summed E-state index contributed by atoms with van der Waals surface area (Å²) >= 11 is 5.97. The summed E-state index contributed by atoms with van der Waals surface area (Å²) in [6.07, 6.45) is 1.51. The maximum Gasteiger partial charge on any atom is 0.324 e. The van der Waals surface area contributed by atoms with Gasteiger partial charge in [0.2, 0.25) is 0 Å². The van der Waals surface area contributed by atoms with Gasteiger partial charge in [-0.3, -0.25) is 4.79 Å². The topological polar surface area (TPSA) is 26.3 Å². The van der Waals surface area contributed by atoms with Crippen molar-refractivity contribution in [2.45, 2.75) is 32.1 Å². The van der Waals surface area contributed by atoms with E-state index in [0.717, 1.165) is 12.0 Å². The van der Waals surface area contributed by atoms with Gasteiger partial charge in [-0.2, -0.15) is 0 Å². The zero-order valence-corrected chi connectivity index (χ0v) is 10.5. The number of hydrogen-bond acceptors (Lipinski definition) is 2. The van der Waals surface area contributed by atoms with Crippen molar-refractivity contribution in [1.29, 1.82) is 0 Å². The first-order valence-corrected chi connectivity index (χ1v) is 5.99. The van der Waals surface area contributed by atoms with Gasteiger partial charge in [-0.15, -0.1) is 11.6 Å². The normalized spacial score (nSPS) is 12.2. The van der Waals surface area contributed by atoms with Crippen LogP contribution in [0.4, 0.5) is 0 Å². The highest BCUT2D eigenvalue weighted by molar-refractivity contribution is 6.30. The Kier molecular flexibility index (Phi) is 5.33. The fraction of sp³-hybridized carbons (Fsp3) is 0.462. The molecule has 0 aliphatic rings. The molecule has 0 N–H and O–H groups in total. The summed E-state index contributed by atoms with van der Waals surface area (Å²) in [7, 11) is 0. The minimum atomic E-state index is -0.591. The Morgan fingerprint density at radius 3 is 2.69 bits per heavy atom. The molecule has 3 heteroatoms. The monoisotopic (exact) mass is 240 g/mol. The van der Waals surface area contributed by atoms with Gasteiger partial charge < -0.3 is 4.74 Å². The van der Waals surface area contributed by atoms with Gasteiger partial charge in [0.05, 0.1) is 6.61 Å². The number of carbonyl (C=O) groups is 1. The van der Waals surface area contributed by atoms with Gasteiger partial charge in [0.15, 0.2) is 0 Å². The van der Waals surface area contributed by atoms with E-state index in [-0.39, 0.29) is 5.97 Å². The Bertz CT molecular complexity index is 350. The highest BCUT2D eigenvalue weighted by Crippen LogP contribution is 2.12. The van der Waals surface area contributed by atoms with Gasteiger partial charge in [-0.25, -0.2) is 0 Å². The molecule has 2 nitrogen and oxygen atoms in total. The average molecular weight is 241 g/mol. The maximum absolute atomic E-state index is 11.3. The van der Waals surface area contributed by atoms with Crippen LogP contribution in [0.15, 0.2) is 24.3 Å². The van der Waals surface area contributed by atoms with E-state index < -0.39 is 5.38 Å². The van der Waals surface area contributed by atoms with Gasteiger partial charge in [0.1, 0.15) is 5.38 Å². The first-order valence-electron chi connectivity index (χ1n) is 5.55. The van der Waals surface area contributed by atoms with Crippen LogP contribution in [0.1, 0.15) is 25.0 Å². The summed E-state index contributed by atoms with van der Waals surface area (Å²) in [5, 5.41) is -0.591. The molecule has 0 spiro atoms. The SMILES string of the molecule is CCOC(=O)C(Cl)Cc1cccc(CC)c1. The summed E-state index contributed by atoms with van der Waals surface area (Å²) in [6.45, 7) is 4.25. The number of carbonyl (C=O) groups excluding carboxylic acids is 1. The first kappa shape index (κ1) is 13.0. The Morgan fingerprint density at radius 2 is 2.06 bits per heavy atom. The van der Waals surface area contributed by atoms with Crippen LogP contribution in [0.5, 0.6) is 0 Å². The zero-order chi connectivity index (χ0) is 12.0. The number of rotatable bonds is 5. The molecule has 1 rings (SSSR count). The third-order valence-electron chi connectivity index (χ3n) is 2.36. The lowest BCUT2D eigenvalue weighted by molar-refractivity contribution is -0.142. The number of hydrogen-bond donors (Lipinski definition) is 0. The van der Waals surface area contributed by atoms with Crippen LogP contribution in [0.2, 0.25) is 0 Å². The van der Waals surface area contributed by atoms with Crippen molar-refractivity contribution in [3.8, 4) is 0 Å². The van der Waals surface area contributed by atoms with E-state index in [4.69, 9.17) is 16.3 Å². The van der Waals surface area contributed by atoms with Crippen LogP contribution >= 0.6 is 11.6 Å². The fourth-order valence-electron chi connectivity index (χ4n) is 1.50. The molecule has 16 heavy (non-hydrogen) atoms. The molecular formula is C13H17ClO2. The van der Waals surface area contributed by atoms with Crippen LogP contribution in [0.3, 0.4) is 0 Å². The van der Waals surface area contributed by atoms with Crippen LogP contribution in [-0.4, -0.2) is 18.0 Å². The van der Waals surface area contributed by atoms with Crippen LogP contribution in [-0.2, 0) is 22.4 Å². The van der Waals surface area contributed by atoms with E-state index in [1.54, 1.807) is 6.92 Å². The number of alkyl halides is 1. The molecule has 1 aromatic rings. The Hall–Kier alpha value is -1.02. The van der Waals surface area contributed by atoms with Gasteiger partial charge in [-0.1, -0.05) is 31.2 Å². The molecule has 0 radical (unpaired) electrons. The quantitative estimate of drug-likeness (QED) is 0.584. The second-order valence-corrected chi connectivity index (χ2v) is 4.12. The van der Waals surface area contributed by atoms with Gasteiger partial charge >= 0.3 is 5.97 Å². The Balaban J connectivity index is 2.61. The van der Waals surface area contributed by atoms with Crippen molar-refractivity contribution < 1.29 is 9.53 Å². The smallest absolute Gasteiger partial charge is 0.324 e. The minimum Gasteiger partial charge on any atom is -0.465 e. The second kappa shape index (κ2) is 6.54. The molecule has 1 aromatic carbocycles. The number of ether oxygens (including phenoxy) is 1. The molecular weight excluding hydrogens is 224 g/mol. The molecule has 0 heterocycles. The number of benzene rings is 1. The van der Waals surface area contributed by atoms with E-state index in [9.17, 15) is 4.79 Å². The molecule has 0 amide bonds. The van der Waals surface area contributed by atoms with Gasteiger partial charge in [0.25, 0.3) is 0 Å². The maximum atomic E-state index is 11.3. The van der Waals surface area contributed by atoms with E-state index in [1.165, 1.54) is 5.56 Å². The van der Waals surface area contributed by atoms with Crippen molar-refractivity contribution in [3.63, 3.8) is 0 Å². The molecule has 0 saturated heterocycles. The van der Waals surface area contributed by atoms with Crippen molar-refractivity contribution >= 4 is 17.6 Å². The lowest BCUT2D eigenvalue weighted by atomic mass is 10.1. The Labute approximate surface area is 102 Å². The largest absolute Gasteiger partial charge is 0.465 e. The lowest BCUT2D eigenvalue weighted by Gasteiger charge is -2.09. The summed E-state index contributed by atoms with van der Waals surface area (Å²) in [6, 6.07) is 8.11. The van der Waals surface area contributed by atoms with E-state index in [2.05, 4.69) is 19.1 Å². The van der Waals surface area contributed by atoms with E-state index >= 15 is 0 Å². The fourth-order valence-corrected chi connectivity index (χ4v) is 1.74. The molecule has 88 valence electrons. The van der Waals surface area contributed by atoms with E-state index in [1.807, 2.05) is 12.1 Å². The lowest BCUT2D eigenvalue weighted by Crippen LogP contribution is -2.20. The zero-order valence-electron chi connectivity index (χ0n) is 9.70. The molecule has 0 bridgehead atoms. The summed E-state index contributed by atoms with van der Waals surface area (Å²) in [4.78, 5) is 11.3. The highest BCUT2D eigenvalue weighted by atomic mass is 35.5. The molecule has 1 unspecified atom stereocenters. The predicted octanol–water partition coefficient (Wildman–Crippen LogP) is 2.96. The number of esters is 1. The summed E-state index contributed by atoms with van der Waals surface area (Å²) in [5.41, 5.74) is 2.33. The van der Waals surface area contributed by atoms with Gasteiger partial charge in [0, 0.05) is 0 Å². The van der Waals surface area contributed by atoms with Crippen LogP contribution < -0.4 is 0 Å². The minimum absolute atomic E-state index is 0.342. The molecule has 0 aromatic heterocycles. The molecule has 1 atom stereocenters. The molecule has 0 aliphatic heterocycles. The molecule has 0 saturated carbocycles. The number of halogens is 1. The van der Waals surface area contributed by atoms with Crippen molar-refractivity contribution in [1.82, 2.24) is 0 Å². The predicted molar refractivity (Wildman–Crippen MR) is 65.8 cm³/mol. The second-order valence-electron chi connectivity index (χ2n) is 3.60. The third-order valence-corrected chi connectivity index (χ3v) is 2.69. The van der Waals surface area contributed by atoms with Crippen LogP contribution in [0.25, 0.3) is 0 Å². The molecule has 0 aliphatic carbocycles. The summed E-state index contributed by atoms with van der Waals surface area (Å²) < 4.78 is 4.86. The van der Waals surface area contributed by atoms with Crippen molar-refractivity contribution in [2.24, 2.45) is 0 Å². The standard InChI is InChI=1S/C13H17ClO2/c1-3-10-6-5-7-11(8-10)9-12(14)13(15)16-4-2/h5-8,12H,3-4,9H2,1-2H3. The van der Waals surface area contributed by atoms with Crippen molar-refractivity contribution in [3.05, 3.63) is 35.4 Å². The van der Waals surface area contributed by atoms with E-state index in [0.29, 0.717) is 13.0 Å². The Morgan fingerprint density at radius 1 is 1.38 bits per heavy atom. The molecule has 0 fully saturated rings. The third kappa shape index (κ3) is 3.86.